The summed E-state index contributed by atoms with van der Waals surface area (Å²) in [5, 5.41) is 4.51. The third-order valence-electron chi connectivity index (χ3n) is 3.99. The minimum absolute atomic E-state index is 0.0344. The molecule has 1 heterocycles. The number of carbonyl (C=O) groups excluding carboxylic acids is 1. The second-order valence-corrected chi connectivity index (χ2v) is 7.73. The van der Waals surface area contributed by atoms with E-state index in [9.17, 15) is 4.79 Å². The summed E-state index contributed by atoms with van der Waals surface area (Å²) in [6, 6.07) is 15.6. The summed E-state index contributed by atoms with van der Waals surface area (Å²) < 4.78 is 5.26. The predicted molar refractivity (Wildman–Crippen MR) is 108 cm³/mol. The van der Waals surface area contributed by atoms with Crippen LogP contribution in [0.25, 0.3) is 11.4 Å². The SMILES string of the molecule is Cc1ccc(SCCC(=O)N(C)Cc2nc(-c3ccccc3Cl)no2)cc1. The highest BCUT2D eigenvalue weighted by Crippen LogP contribution is 2.25. The first kappa shape index (κ1) is 19.5. The lowest BCUT2D eigenvalue weighted by molar-refractivity contribution is -0.130. The van der Waals surface area contributed by atoms with Gasteiger partial charge in [0.1, 0.15) is 0 Å². The Labute approximate surface area is 167 Å². The molecule has 1 aromatic heterocycles. The number of rotatable bonds is 7. The molecule has 0 N–H and O–H groups in total. The first-order chi connectivity index (χ1) is 13.0. The van der Waals surface area contributed by atoms with Crippen molar-refractivity contribution >= 4 is 29.3 Å². The summed E-state index contributed by atoms with van der Waals surface area (Å²) in [4.78, 5) is 19.4. The standard InChI is InChI=1S/C20H20ClN3O2S/c1-14-7-9-15(10-8-14)27-12-11-19(25)24(2)13-18-22-20(23-26-18)16-5-3-4-6-17(16)21/h3-10H,11-13H2,1-2H3. The van der Waals surface area contributed by atoms with Gasteiger partial charge < -0.3 is 9.42 Å². The van der Waals surface area contributed by atoms with Gasteiger partial charge in [-0.2, -0.15) is 4.98 Å². The molecule has 0 saturated heterocycles. The van der Waals surface area contributed by atoms with Crippen molar-refractivity contribution in [3.05, 3.63) is 65.0 Å². The Morgan fingerprint density at radius 1 is 1.19 bits per heavy atom. The van der Waals surface area contributed by atoms with Gasteiger partial charge in [0, 0.05) is 29.7 Å². The van der Waals surface area contributed by atoms with Gasteiger partial charge in [-0.05, 0) is 31.2 Å². The lowest BCUT2D eigenvalue weighted by Gasteiger charge is -2.14. The molecule has 0 spiro atoms. The summed E-state index contributed by atoms with van der Waals surface area (Å²) >= 11 is 7.82. The van der Waals surface area contributed by atoms with Crippen molar-refractivity contribution in [2.75, 3.05) is 12.8 Å². The lowest BCUT2D eigenvalue weighted by atomic mass is 10.2. The van der Waals surface area contributed by atoms with E-state index in [0.717, 1.165) is 10.6 Å². The number of thioether (sulfide) groups is 1. The van der Waals surface area contributed by atoms with Gasteiger partial charge in [0.15, 0.2) is 0 Å². The molecule has 0 aliphatic rings. The van der Waals surface area contributed by atoms with E-state index in [-0.39, 0.29) is 12.5 Å². The normalized spacial score (nSPS) is 10.8. The molecule has 3 aromatic rings. The third kappa shape index (κ3) is 5.34. The van der Waals surface area contributed by atoms with Gasteiger partial charge in [-0.25, -0.2) is 0 Å². The number of aromatic nitrogens is 2. The summed E-state index contributed by atoms with van der Waals surface area (Å²) in [7, 11) is 1.73. The summed E-state index contributed by atoms with van der Waals surface area (Å²) in [5.41, 5.74) is 1.93. The van der Waals surface area contributed by atoms with Gasteiger partial charge in [0.05, 0.1) is 11.6 Å². The monoisotopic (exact) mass is 401 g/mol. The number of nitrogens with zero attached hydrogens (tertiary/aromatic N) is 3. The largest absolute Gasteiger partial charge is 0.337 e. The van der Waals surface area contributed by atoms with Gasteiger partial charge in [-0.15, -0.1) is 11.8 Å². The molecule has 0 radical (unpaired) electrons. The van der Waals surface area contributed by atoms with Crippen molar-refractivity contribution in [2.24, 2.45) is 0 Å². The van der Waals surface area contributed by atoms with Crippen molar-refractivity contribution in [3.63, 3.8) is 0 Å². The molecule has 140 valence electrons. The molecule has 0 saturated carbocycles. The molecule has 5 nitrogen and oxygen atoms in total. The Balaban J connectivity index is 1.51. The zero-order valence-electron chi connectivity index (χ0n) is 15.2. The molecule has 3 rings (SSSR count). The summed E-state index contributed by atoms with van der Waals surface area (Å²) in [6.45, 7) is 2.33. The highest BCUT2D eigenvalue weighted by Gasteiger charge is 2.15. The highest BCUT2D eigenvalue weighted by molar-refractivity contribution is 7.99. The molecule has 0 fully saturated rings. The number of benzene rings is 2. The van der Waals surface area contributed by atoms with Crippen molar-refractivity contribution in [3.8, 4) is 11.4 Å². The van der Waals surface area contributed by atoms with Crippen LogP contribution in [-0.2, 0) is 11.3 Å². The van der Waals surface area contributed by atoms with Gasteiger partial charge >= 0.3 is 0 Å². The molecule has 2 aromatic carbocycles. The Morgan fingerprint density at radius 2 is 1.93 bits per heavy atom. The number of hydrogen-bond acceptors (Lipinski definition) is 5. The van der Waals surface area contributed by atoms with Crippen LogP contribution in [-0.4, -0.2) is 33.7 Å². The van der Waals surface area contributed by atoms with Crippen LogP contribution in [0.2, 0.25) is 5.02 Å². The van der Waals surface area contributed by atoms with E-state index in [0.29, 0.717) is 28.7 Å². The van der Waals surface area contributed by atoms with Crippen LogP contribution < -0.4 is 0 Å². The Hall–Kier alpha value is -2.31. The van der Waals surface area contributed by atoms with Crippen LogP contribution in [0, 0.1) is 6.92 Å². The topological polar surface area (TPSA) is 59.2 Å². The zero-order valence-corrected chi connectivity index (χ0v) is 16.8. The molecule has 7 heteroatoms. The Kier molecular flexibility index (Phi) is 6.53. The van der Waals surface area contributed by atoms with Gasteiger partial charge in [-0.3, -0.25) is 4.79 Å². The second-order valence-electron chi connectivity index (χ2n) is 6.15. The fourth-order valence-electron chi connectivity index (χ4n) is 2.44. The number of amides is 1. The van der Waals surface area contributed by atoms with Crippen LogP contribution in [0.5, 0.6) is 0 Å². The molecule has 0 unspecified atom stereocenters. The van der Waals surface area contributed by atoms with E-state index in [1.807, 2.05) is 18.2 Å². The van der Waals surface area contributed by atoms with Crippen LogP contribution in [0.15, 0.2) is 57.9 Å². The summed E-state index contributed by atoms with van der Waals surface area (Å²) in [5.74, 6) is 1.56. The van der Waals surface area contributed by atoms with Crippen molar-refractivity contribution in [2.45, 2.75) is 24.8 Å². The van der Waals surface area contributed by atoms with E-state index >= 15 is 0 Å². The fraction of sp³-hybridized carbons (Fsp3) is 0.250. The smallest absolute Gasteiger partial charge is 0.246 e. The number of aryl methyl sites for hydroxylation is 1. The minimum Gasteiger partial charge on any atom is -0.337 e. The maximum Gasteiger partial charge on any atom is 0.246 e. The average molecular weight is 402 g/mol. The van der Waals surface area contributed by atoms with Crippen molar-refractivity contribution in [1.82, 2.24) is 15.0 Å². The minimum atomic E-state index is 0.0344. The van der Waals surface area contributed by atoms with E-state index in [2.05, 4.69) is 41.3 Å². The highest BCUT2D eigenvalue weighted by atomic mass is 35.5. The molecule has 0 atom stereocenters. The second kappa shape index (κ2) is 9.06. The van der Waals surface area contributed by atoms with Crippen LogP contribution >= 0.6 is 23.4 Å². The van der Waals surface area contributed by atoms with Gasteiger partial charge in [0.25, 0.3) is 0 Å². The third-order valence-corrected chi connectivity index (χ3v) is 5.33. The maximum absolute atomic E-state index is 12.3. The van der Waals surface area contributed by atoms with E-state index < -0.39 is 0 Å². The lowest BCUT2D eigenvalue weighted by Crippen LogP contribution is -2.26. The molecular weight excluding hydrogens is 382 g/mol. The van der Waals surface area contributed by atoms with E-state index in [1.54, 1.807) is 29.8 Å². The van der Waals surface area contributed by atoms with Gasteiger partial charge in [-0.1, -0.05) is 46.6 Å². The molecule has 0 aliphatic carbocycles. The first-order valence-electron chi connectivity index (χ1n) is 8.54. The van der Waals surface area contributed by atoms with E-state index in [1.165, 1.54) is 5.56 Å². The quantitative estimate of drug-likeness (QED) is 0.530. The number of hydrogen-bond donors (Lipinski definition) is 0. The fourth-order valence-corrected chi connectivity index (χ4v) is 3.50. The summed E-state index contributed by atoms with van der Waals surface area (Å²) in [6.07, 6.45) is 0.445. The molecular formula is C20H20ClN3O2S. The molecule has 1 amide bonds. The number of carbonyl (C=O) groups is 1. The Bertz CT molecular complexity index is 912. The average Bonchev–Trinajstić information content (AvgIpc) is 3.11. The molecule has 0 aliphatic heterocycles. The van der Waals surface area contributed by atoms with Gasteiger partial charge in [0.2, 0.25) is 17.6 Å². The molecule has 27 heavy (non-hydrogen) atoms. The first-order valence-corrected chi connectivity index (χ1v) is 9.90. The Morgan fingerprint density at radius 3 is 2.67 bits per heavy atom. The zero-order chi connectivity index (χ0) is 19.2. The van der Waals surface area contributed by atoms with Crippen LogP contribution in [0.4, 0.5) is 0 Å². The van der Waals surface area contributed by atoms with Crippen molar-refractivity contribution < 1.29 is 9.32 Å². The van der Waals surface area contributed by atoms with Crippen LogP contribution in [0.3, 0.4) is 0 Å². The number of halogens is 1. The van der Waals surface area contributed by atoms with E-state index in [4.69, 9.17) is 16.1 Å². The van der Waals surface area contributed by atoms with Crippen molar-refractivity contribution in [1.29, 1.82) is 0 Å². The predicted octanol–water partition coefficient (Wildman–Crippen LogP) is 4.84. The maximum atomic E-state index is 12.3. The molecule has 0 bridgehead atoms. The van der Waals surface area contributed by atoms with Crippen LogP contribution in [0.1, 0.15) is 17.9 Å².